The lowest BCUT2D eigenvalue weighted by atomic mass is 10.2. The molecule has 2 aromatic rings. The fourth-order valence-corrected chi connectivity index (χ4v) is 2.50. The molecule has 1 amide bonds. The molecule has 0 bridgehead atoms. The van der Waals surface area contributed by atoms with Gasteiger partial charge in [-0.2, -0.15) is 5.10 Å². The molecule has 0 saturated carbocycles. The van der Waals surface area contributed by atoms with Crippen LogP contribution in [0.5, 0.6) is 5.75 Å². The van der Waals surface area contributed by atoms with Crippen molar-refractivity contribution in [1.82, 2.24) is 10.4 Å². The Morgan fingerprint density at radius 1 is 1.25 bits per heavy atom. The number of thioether (sulfide) groups is 1. The normalized spacial score (nSPS) is 11.9. The summed E-state index contributed by atoms with van der Waals surface area (Å²) in [5, 5.41) is 4.40. The Balaban J connectivity index is 1.84. The second-order valence-electron chi connectivity index (χ2n) is 4.82. The van der Waals surface area contributed by atoms with Crippen LogP contribution in [0.4, 0.5) is 0 Å². The van der Waals surface area contributed by atoms with Gasteiger partial charge in [0, 0.05) is 13.1 Å². The fraction of sp³-hybridized carbons (Fsp3) is 0.176. The summed E-state index contributed by atoms with van der Waals surface area (Å²) in [6, 6.07) is 12.3. The molecule has 1 heterocycles. The van der Waals surface area contributed by atoms with E-state index in [4.69, 9.17) is 4.74 Å². The minimum atomic E-state index is -0.372. The third-order valence-electron chi connectivity index (χ3n) is 2.83. The van der Waals surface area contributed by atoms with Crippen LogP contribution in [0.3, 0.4) is 0 Å². The van der Waals surface area contributed by atoms with Crippen molar-refractivity contribution in [3.63, 3.8) is 0 Å². The third-order valence-corrected chi connectivity index (χ3v) is 3.89. The number of pyridine rings is 1. The molecule has 1 aromatic heterocycles. The first-order valence-electron chi connectivity index (χ1n) is 7.23. The SMILES string of the molecule is CC(=O)Oc1ccc(/C=N\NC(=O)[C@@H](C)Sc2ccccn2)cc1. The first-order valence-corrected chi connectivity index (χ1v) is 8.11. The molecule has 2 rings (SSSR count). The summed E-state index contributed by atoms with van der Waals surface area (Å²) < 4.78 is 4.94. The monoisotopic (exact) mass is 343 g/mol. The van der Waals surface area contributed by atoms with Gasteiger partial charge < -0.3 is 4.74 Å². The van der Waals surface area contributed by atoms with Crippen molar-refractivity contribution in [3.8, 4) is 5.75 Å². The first kappa shape index (κ1) is 17.7. The van der Waals surface area contributed by atoms with Crippen LogP contribution in [-0.4, -0.2) is 28.3 Å². The minimum Gasteiger partial charge on any atom is -0.427 e. The van der Waals surface area contributed by atoms with Gasteiger partial charge in [-0.15, -0.1) is 0 Å². The predicted molar refractivity (Wildman–Crippen MR) is 93.0 cm³/mol. The summed E-state index contributed by atoms with van der Waals surface area (Å²) >= 11 is 1.36. The molecule has 1 atom stereocenters. The van der Waals surface area contributed by atoms with E-state index in [1.807, 2.05) is 18.2 Å². The molecule has 0 unspecified atom stereocenters. The lowest BCUT2D eigenvalue weighted by molar-refractivity contribution is -0.131. The van der Waals surface area contributed by atoms with Crippen molar-refractivity contribution >= 4 is 29.9 Å². The van der Waals surface area contributed by atoms with E-state index >= 15 is 0 Å². The maximum absolute atomic E-state index is 12.0. The minimum absolute atomic E-state index is 0.210. The van der Waals surface area contributed by atoms with Gasteiger partial charge in [0.05, 0.1) is 16.5 Å². The zero-order valence-electron chi connectivity index (χ0n) is 13.3. The van der Waals surface area contributed by atoms with E-state index in [9.17, 15) is 9.59 Å². The van der Waals surface area contributed by atoms with Gasteiger partial charge in [-0.3, -0.25) is 9.59 Å². The Hall–Kier alpha value is -2.67. The van der Waals surface area contributed by atoms with E-state index in [0.717, 1.165) is 10.6 Å². The van der Waals surface area contributed by atoms with Gasteiger partial charge in [-0.1, -0.05) is 17.8 Å². The number of hydrogen-bond donors (Lipinski definition) is 1. The van der Waals surface area contributed by atoms with Crippen molar-refractivity contribution in [3.05, 3.63) is 54.2 Å². The van der Waals surface area contributed by atoms with E-state index in [1.54, 1.807) is 37.4 Å². The number of ether oxygens (including phenoxy) is 1. The molecule has 0 saturated heterocycles. The number of aromatic nitrogens is 1. The van der Waals surface area contributed by atoms with Crippen molar-refractivity contribution in [2.45, 2.75) is 24.1 Å². The van der Waals surface area contributed by atoms with Crippen LogP contribution < -0.4 is 10.2 Å². The van der Waals surface area contributed by atoms with Gasteiger partial charge in [0.25, 0.3) is 5.91 Å². The van der Waals surface area contributed by atoms with Gasteiger partial charge in [-0.25, -0.2) is 10.4 Å². The molecular weight excluding hydrogens is 326 g/mol. The summed E-state index contributed by atoms with van der Waals surface area (Å²) in [5.74, 6) is -0.120. The predicted octanol–water partition coefficient (Wildman–Crippen LogP) is 2.64. The van der Waals surface area contributed by atoms with Crippen molar-refractivity contribution in [1.29, 1.82) is 0 Å². The van der Waals surface area contributed by atoms with Crippen molar-refractivity contribution in [2.75, 3.05) is 0 Å². The van der Waals surface area contributed by atoms with Crippen LogP contribution in [-0.2, 0) is 9.59 Å². The molecule has 0 aliphatic carbocycles. The second-order valence-corrected chi connectivity index (χ2v) is 6.19. The van der Waals surface area contributed by atoms with Crippen LogP contribution in [0.25, 0.3) is 0 Å². The number of nitrogens with one attached hydrogen (secondary N) is 1. The lowest BCUT2D eigenvalue weighted by Crippen LogP contribution is -2.26. The quantitative estimate of drug-likeness (QED) is 0.287. The molecule has 7 heteroatoms. The van der Waals surface area contributed by atoms with Gasteiger partial charge >= 0.3 is 5.97 Å². The zero-order chi connectivity index (χ0) is 17.4. The highest BCUT2D eigenvalue weighted by molar-refractivity contribution is 8.00. The van der Waals surface area contributed by atoms with Crippen molar-refractivity contribution < 1.29 is 14.3 Å². The number of nitrogens with zero attached hydrogens (tertiary/aromatic N) is 2. The van der Waals surface area contributed by atoms with Crippen LogP contribution in [0.15, 0.2) is 58.8 Å². The number of rotatable bonds is 6. The summed E-state index contributed by atoms with van der Waals surface area (Å²) in [6.45, 7) is 3.13. The fourth-order valence-electron chi connectivity index (χ4n) is 1.70. The second kappa shape index (κ2) is 8.83. The molecule has 0 spiro atoms. The highest BCUT2D eigenvalue weighted by Crippen LogP contribution is 2.20. The molecule has 1 aromatic carbocycles. The van der Waals surface area contributed by atoms with E-state index in [2.05, 4.69) is 15.5 Å². The number of hydrazone groups is 1. The summed E-state index contributed by atoms with van der Waals surface area (Å²) in [4.78, 5) is 27.0. The Labute approximate surface area is 144 Å². The van der Waals surface area contributed by atoms with Crippen LogP contribution in [0, 0.1) is 0 Å². The largest absolute Gasteiger partial charge is 0.427 e. The molecule has 124 valence electrons. The lowest BCUT2D eigenvalue weighted by Gasteiger charge is -2.08. The standard InChI is InChI=1S/C17H17N3O3S/c1-12(24-16-5-3-4-10-18-16)17(22)20-19-11-14-6-8-15(9-7-14)23-13(2)21/h3-12H,1-2H3,(H,20,22)/b19-11-/t12-/m1/s1. The molecule has 1 N–H and O–H groups in total. The molecule has 0 fully saturated rings. The zero-order valence-corrected chi connectivity index (χ0v) is 14.1. The molecule has 0 aliphatic rings. The van der Waals surface area contributed by atoms with Gasteiger partial charge in [0.1, 0.15) is 5.75 Å². The number of carbonyl (C=O) groups excluding carboxylic acids is 2. The molecular formula is C17H17N3O3S. The smallest absolute Gasteiger partial charge is 0.308 e. The van der Waals surface area contributed by atoms with E-state index < -0.39 is 0 Å². The van der Waals surface area contributed by atoms with Crippen LogP contribution >= 0.6 is 11.8 Å². The van der Waals surface area contributed by atoms with E-state index in [1.165, 1.54) is 24.9 Å². The summed E-state index contributed by atoms with van der Waals surface area (Å²) in [5.41, 5.74) is 3.27. The van der Waals surface area contributed by atoms with Gasteiger partial charge in [0.2, 0.25) is 0 Å². The Bertz CT molecular complexity index is 718. The summed E-state index contributed by atoms with van der Waals surface area (Å²) in [6.07, 6.45) is 3.21. The third kappa shape index (κ3) is 5.85. The Morgan fingerprint density at radius 3 is 2.62 bits per heavy atom. The molecule has 0 aliphatic heterocycles. The number of carbonyl (C=O) groups is 2. The average molecular weight is 343 g/mol. The number of hydrogen-bond acceptors (Lipinski definition) is 6. The molecule has 6 nitrogen and oxygen atoms in total. The molecule has 0 radical (unpaired) electrons. The van der Waals surface area contributed by atoms with Crippen molar-refractivity contribution in [2.24, 2.45) is 5.10 Å². The summed E-state index contributed by atoms with van der Waals surface area (Å²) in [7, 11) is 0. The first-order chi connectivity index (χ1) is 11.5. The van der Waals surface area contributed by atoms with E-state index in [-0.39, 0.29) is 17.1 Å². The topological polar surface area (TPSA) is 80.6 Å². The Morgan fingerprint density at radius 2 is 2.00 bits per heavy atom. The van der Waals surface area contributed by atoms with Gasteiger partial charge in [-0.05, 0) is 48.9 Å². The maximum atomic E-state index is 12.0. The van der Waals surface area contributed by atoms with E-state index in [0.29, 0.717) is 5.75 Å². The molecule has 24 heavy (non-hydrogen) atoms. The maximum Gasteiger partial charge on any atom is 0.308 e. The average Bonchev–Trinajstić information content (AvgIpc) is 2.56. The number of benzene rings is 1. The Kier molecular flexibility index (Phi) is 6.51. The number of amides is 1. The van der Waals surface area contributed by atoms with Crippen LogP contribution in [0.2, 0.25) is 0 Å². The highest BCUT2D eigenvalue weighted by Gasteiger charge is 2.13. The van der Waals surface area contributed by atoms with Gasteiger partial charge in [0.15, 0.2) is 0 Å². The van der Waals surface area contributed by atoms with Crippen LogP contribution in [0.1, 0.15) is 19.4 Å². The highest BCUT2D eigenvalue weighted by atomic mass is 32.2. The number of esters is 1.